The first-order valence-electron chi connectivity index (χ1n) is 7.11. The monoisotopic (exact) mass is 236 g/mol. The largest absolute Gasteiger partial charge is 0.369 e. The quantitative estimate of drug-likeness (QED) is 0.766. The first kappa shape index (κ1) is 11.5. The number of carbonyl (C=O) groups excluding carboxylic acids is 1. The molecule has 0 aromatic rings. The van der Waals surface area contributed by atoms with Gasteiger partial charge >= 0.3 is 0 Å². The van der Waals surface area contributed by atoms with Crippen molar-refractivity contribution in [2.45, 2.75) is 51.5 Å². The normalized spacial score (nSPS) is 49.5. The maximum Gasteiger partial charge on any atom is 0.220 e. The van der Waals surface area contributed by atoms with Gasteiger partial charge in [0.2, 0.25) is 5.91 Å². The van der Waals surface area contributed by atoms with E-state index >= 15 is 0 Å². The number of hydrogen-bond donors (Lipinski definition) is 2. The van der Waals surface area contributed by atoms with E-state index in [9.17, 15) is 4.79 Å². The molecule has 3 N–H and O–H groups in total. The van der Waals surface area contributed by atoms with Crippen molar-refractivity contribution in [3.63, 3.8) is 0 Å². The Bertz CT molecular complexity index is 306. The Balaban J connectivity index is 1.45. The summed E-state index contributed by atoms with van der Waals surface area (Å²) in [6, 6.07) is 0.754. The molecule has 96 valence electrons. The minimum absolute atomic E-state index is 0.0799. The van der Waals surface area contributed by atoms with Gasteiger partial charge in [0.15, 0.2) is 0 Å². The molecule has 2 saturated carbocycles. The third-order valence-electron chi connectivity index (χ3n) is 5.42. The van der Waals surface area contributed by atoms with E-state index in [4.69, 9.17) is 5.73 Å². The summed E-state index contributed by atoms with van der Waals surface area (Å²) in [6.07, 6.45) is 7.54. The zero-order chi connectivity index (χ0) is 12.0. The fraction of sp³-hybridized carbons (Fsp3) is 0.929. The smallest absolute Gasteiger partial charge is 0.220 e. The minimum Gasteiger partial charge on any atom is -0.369 e. The lowest BCUT2D eigenvalue weighted by Gasteiger charge is -2.59. The first-order valence-corrected chi connectivity index (χ1v) is 7.11. The maximum absolute atomic E-state index is 11.0. The molecule has 3 heteroatoms. The van der Waals surface area contributed by atoms with Crippen molar-refractivity contribution in [3.05, 3.63) is 0 Å². The minimum atomic E-state index is -0.0799. The van der Waals surface area contributed by atoms with Gasteiger partial charge in [-0.15, -0.1) is 0 Å². The van der Waals surface area contributed by atoms with Crippen LogP contribution in [0.5, 0.6) is 0 Å². The predicted molar refractivity (Wildman–Crippen MR) is 67.3 cm³/mol. The summed E-state index contributed by atoms with van der Waals surface area (Å²) in [7, 11) is 0. The molecule has 0 bridgehead atoms. The molecule has 3 nitrogen and oxygen atoms in total. The summed E-state index contributed by atoms with van der Waals surface area (Å²) in [5, 5.41) is 3.70. The van der Waals surface area contributed by atoms with E-state index in [1.807, 2.05) is 0 Å². The van der Waals surface area contributed by atoms with Crippen LogP contribution in [-0.2, 0) is 4.79 Å². The third-order valence-corrected chi connectivity index (χ3v) is 5.42. The maximum atomic E-state index is 11.0. The number of rotatable bonds is 2. The van der Waals surface area contributed by atoms with Crippen LogP contribution in [0.3, 0.4) is 0 Å². The van der Waals surface area contributed by atoms with Crippen molar-refractivity contribution < 1.29 is 4.79 Å². The molecular weight excluding hydrogens is 212 g/mol. The number of carbonyl (C=O) groups is 1. The number of primary amides is 1. The lowest BCUT2D eigenvalue weighted by molar-refractivity contribution is -0.139. The van der Waals surface area contributed by atoms with Crippen LogP contribution >= 0.6 is 0 Å². The second-order valence-corrected chi connectivity index (χ2v) is 6.87. The molecule has 2 atom stereocenters. The molecule has 1 saturated heterocycles. The van der Waals surface area contributed by atoms with Crippen LogP contribution in [0.1, 0.15) is 45.4 Å². The Morgan fingerprint density at radius 2 is 1.94 bits per heavy atom. The summed E-state index contributed by atoms with van der Waals surface area (Å²) in [5.74, 6) is 1.83. The van der Waals surface area contributed by atoms with Crippen molar-refractivity contribution in [2.75, 3.05) is 6.54 Å². The van der Waals surface area contributed by atoms with Crippen molar-refractivity contribution in [1.29, 1.82) is 0 Å². The van der Waals surface area contributed by atoms with Gasteiger partial charge in [0, 0.05) is 12.0 Å². The fourth-order valence-corrected chi connectivity index (χ4v) is 4.28. The van der Waals surface area contributed by atoms with E-state index in [1.54, 1.807) is 0 Å². The van der Waals surface area contributed by atoms with E-state index in [1.165, 1.54) is 32.2 Å². The number of nitrogens with two attached hydrogens (primary N) is 1. The summed E-state index contributed by atoms with van der Waals surface area (Å²) >= 11 is 0. The molecule has 0 aromatic carbocycles. The van der Waals surface area contributed by atoms with Gasteiger partial charge in [-0.3, -0.25) is 4.79 Å². The van der Waals surface area contributed by atoms with Gasteiger partial charge in [-0.2, -0.15) is 0 Å². The molecule has 17 heavy (non-hydrogen) atoms. The average molecular weight is 236 g/mol. The molecule has 3 fully saturated rings. The van der Waals surface area contributed by atoms with Gasteiger partial charge in [-0.05, 0) is 62.3 Å². The van der Waals surface area contributed by atoms with Crippen molar-refractivity contribution in [1.82, 2.24) is 5.32 Å². The standard InChI is InChI=1S/C14H24N2O/c1-9-2-3-12(16-8-9)10-4-14(5-10)6-11(7-14)13(15)17/h9-12,16H,2-8H2,1H3,(H2,15,17)/t9-,10?,11?,12+,14?/m1/s1. The Labute approximate surface area is 104 Å². The molecule has 1 heterocycles. The Morgan fingerprint density at radius 3 is 2.47 bits per heavy atom. The van der Waals surface area contributed by atoms with Crippen LogP contribution in [0.25, 0.3) is 0 Å². The van der Waals surface area contributed by atoms with E-state index in [2.05, 4.69) is 12.2 Å². The Hall–Kier alpha value is -0.570. The van der Waals surface area contributed by atoms with Crippen LogP contribution < -0.4 is 11.1 Å². The van der Waals surface area contributed by atoms with Crippen LogP contribution in [0.2, 0.25) is 0 Å². The molecule has 0 unspecified atom stereocenters. The second kappa shape index (κ2) is 3.98. The Morgan fingerprint density at radius 1 is 1.24 bits per heavy atom. The molecular formula is C14H24N2O. The molecule has 1 spiro atoms. The molecule has 2 aliphatic carbocycles. The number of piperidine rings is 1. The molecule has 0 aromatic heterocycles. The van der Waals surface area contributed by atoms with Gasteiger partial charge in [-0.1, -0.05) is 6.92 Å². The first-order chi connectivity index (χ1) is 8.08. The summed E-state index contributed by atoms with van der Waals surface area (Å²) < 4.78 is 0. The van der Waals surface area contributed by atoms with Gasteiger partial charge in [-0.25, -0.2) is 0 Å². The third kappa shape index (κ3) is 1.99. The second-order valence-electron chi connectivity index (χ2n) is 6.87. The summed E-state index contributed by atoms with van der Waals surface area (Å²) in [5.41, 5.74) is 5.86. The molecule has 3 aliphatic rings. The van der Waals surface area contributed by atoms with E-state index in [0.717, 1.165) is 30.7 Å². The number of nitrogens with one attached hydrogen (secondary N) is 1. The van der Waals surface area contributed by atoms with E-state index in [0.29, 0.717) is 5.41 Å². The van der Waals surface area contributed by atoms with E-state index < -0.39 is 0 Å². The summed E-state index contributed by atoms with van der Waals surface area (Å²) in [4.78, 5) is 11.0. The SMILES string of the molecule is C[C@@H]1CC[C@@H](C2CC3(CC(C(N)=O)C3)C2)NC1. The molecule has 3 rings (SSSR count). The Kier molecular flexibility index (Phi) is 2.69. The highest BCUT2D eigenvalue weighted by Crippen LogP contribution is 2.62. The molecule has 0 radical (unpaired) electrons. The van der Waals surface area contributed by atoms with E-state index in [-0.39, 0.29) is 11.8 Å². The zero-order valence-corrected chi connectivity index (χ0v) is 10.7. The van der Waals surface area contributed by atoms with Gasteiger partial charge in [0.25, 0.3) is 0 Å². The lowest BCUT2D eigenvalue weighted by Crippen LogP contribution is -2.56. The fourth-order valence-electron chi connectivity index (χ4n) is 4.28. The molecule has 1 aliphatic heterocycles. The number of amides is 1. The average Bonchev–Trinajstić information content (AvgIpc) is 2.15. The molecule has 1 amide bonds. The van der Waals surface area contributed by atoms with Gasteiger partial charge in [0.05, 0.1) is 0 Å². The highest BCUT2D eigenvalue weighted by Gasteiger charge is 2.55. The van der Waals surface area contributed by atoms with Crippen LogP contribution in [0.15, 0.2) is 0 Å². The highest BCUT2D eigenvalue weighted by molar-refractivity contribution is 5.77. The predicted octanol–water partition coefficient (Wildman–Crippen LogP) is 1.67. The highest BCUT2D eigenvalue weighted by atomic mass is 16.1. The summed E-state index contributed by atoms with van der Waals surface area (Å²) in [6.45, 7) is 3.52. The van der Waals surface area contributed by atoms with Crippen molar-refractivity contribution >= 4 is 5.91 Å². The van der Waals surface area contributed by atoms with Crippen LogP contribution in [0.4, 0.5) is 0 Å². The van der Waals surface area contributed by atoms with Crippen LogP contribution in [-0.4, -0.2) is 18.5 Å². The van der Waals surface area contributed by atoms with Crippen molar-refractivity contribution in [3.8, 4) is 0 Å². The zero-order valence-electron chi connectivity index (χ0n) is 10.7. The lowest BCUT2D eigenvalue weighted by atomic mass is 9.46. The van der Waals surface area contributed by atoms with Gasteiger partial charge < -0.3 is 11.1 Å². The van der Waals surface area contributed by atoms with Crippen molar-refractivity contribution in [2.24, 2.45) is 28.9 Å². The van der Waals surface area contributed by atoms with Crippen LogP contribution in [0, 0.1) is 23.2 Å². The number of hydrogen-bond acceptors (Lipinski definition) is 2. The van der Waals surface area contributed by atoms with Gasteiger partial charge in [0.1, 0.15) is 0 Å². The topological polar surface area (TPSA) is 55.1 Å².